The Hall–Kier alpha value is -1.65. The number of anilines is 1. The van der Waals surface area contributed by atoms with Gasteiger partial charge >= 0.3 is 0 Å². The van der Waals surface area contributed by atoms with Gasteiger partial charge in [0.25, 0.3) is 0 Å². The summed E-state index contributed by atoms with van der Waals surface area (Å²) in [5.41, 5.74) is 3.35. The maximum absolute atomic E-state index is 12.5. The van der Waals surface area contributed by atoms with E-state index < -0.39 is 0 Å². The first kappa shape index (κ1) is 17.2. The summed E-state index contributed by atoms with van der Waals surface area (Å²) in [5.74, 6) is 0.261. The molecule has 3 rings (SSSR count). The van der Waals surface area contributed by atoms with Gasteiger partial charge in [0.05, 0.1) is 0 Å². The molecule has 1 amide bonds. The number of carbonyl (C=O) groups excluding carboxylic acids is 1. The fourth-order valence-electron chi connectivity index (χ4n) is 3.16. The van der Waals surface area contributed by atoms with Gasteiger partial charge in [-0.25, -0.2) is 0 Å². The Morgan fingerprint density at radius 2 is 1.88 bits per heavy atom. The van der Waals surface area contributed by atoms with Crippen LogP contribution in [0.15, 0.2) is 53.0 Å². The average Bonchev–Trinajstić information content (AvgIpc) is 2.60. The van der Waals surface area contributed by atoms with Crippen molar-refractivity contribution in [3.63, 3.8) is 0 Å². The van der Waals surface area contributed by atoms with Crippen molar-refractivity contribution in [2.75, 3.05) is 18.4 Å². The molecule has 0 saturated carbocycles. The number of amides is 1. The van der Waals surface area contributed by atoms with Crippen LogP contribution >= 0.6 is 15.9 Å². The van der Waals surface area contributed by atoms with E-state index >= 15 is 0 Å². The molecule has 0 spiro atoms. The van der Waals surface area contributed by atoms with E-state index in [0.29, 0.717) is 0 Å². The molecule has 1 saturated heterocycles. The Morgan fingerprint density at radius 1 is 1.17 bits per heavy atom. The van der Waals surface area contributed by atoms with E-state index in [1.807, 2.05) is 31.2 Å². The van der Waals surface area contributed by atoms with E-state index in [9.17, 15) is 4.79 Å². The van der Waals surface area contributed by atoms with Crippen molar-refractivity contribution in [2.24, 2.45) is 5.92 Å². The first-order valence-electron chi connectivity index (χ1n) is 8.45. The number of nitrogens with one attached hydrogen (secondary N) is 1. The van der Waals surface area contributed by atoms with Gasteiger partial charge in [-0.1, -0.05) is 46.3 Å². The van der Waals surface area contributed by atoms with Crippen LogP contribution in [0.1, 0.15) is 24.0 Å². The van der Waals surface area contributed by atoms with E-state index in [0.717, 1.165) is 48.2 Å². The molecular weight excluding hydrogens is 364 g/mol. The Kier molecular flexibility index (Phi) is 5.69. The van der Waals surface area contributed by atoms with Crippen molar-refractivity contribution < 1.29 is 4.79 Å². The molecule has 1 N–H and O–H groups in total. The first-order chi connectivity index (χ1) is 11.6. The molecular formula is C20H23BrN2O. The van der Waals surface area contributed by atoms with Crippen molar-refractivity contribution in [1.82, 2.24) is 4.90 Å². The highest BCUT2D eigenvalue weighted by Crippen LogP contribution is 2.23. The van der Waals surface area contributed by atoms with E-state index in [-0.39, 0.29) is 11.8 Å². The maximum atomic E-state index is 12.5. The summed E-state index contributed by atoms with van der Waals surface area (Å²) in [4.78, 5) is 14.9. The summed E-state index contributed by atoms with van der Waals surface area (Å²) < 4.78 is 1.06. The standard InChI is InChI=1S/C20H23BrN2O/c1-15-13-18(7-8-19(15)21)22-20(24)17-9-11-23(12-10-17)14-16-5-3-2-4-6-16/h2-8,13,17H,9-12,14H2,1H3,(H,22,24). The lowest BCUT2D eigenvalue weighted by Crippen LogP contribution is -2.37. The van der Waals surface area contributed by atoms with E-state index in [2.05, 4.69) is 50.4 Å². The number of piperidine rings is 1. The molecule has 24 heavy (non-hydrogen) atoms. The zero-order chi connectivity index (χ0) is 16.9. The van der Waals surface area contributed by atoms with Gasteiger partial charge in [0.15, 0.2) is 0 Å². The molecule has 1 fully saturated rings. The van der Waals surface area contributed by atoms with Gasteiger partial charge in [0, 0.05) is 22.6 Å². The second-order valence-corrected chi connectivity index (χ2v) is 7.34. The summed E-state index contributed by atoms with van der Waals surface area (Å²) in [7, 11) is 0. The fraction of sp³-hybridized carbons (Fsp3) is 0.350. The first-order valence-corrected chi connectivity index (χ1v) is 9.24. The highest BCUT2D eigenvalue weighted by Gasteiger charge is 2.25. The minimum atomic E-state index is 0.112. The number of nitrogens with zero attached hydrogens (tertiary/aromatic N) is 1. The summed E-state index contributed by atoms with van der Waals surface area (Å²) in [5, 5.41) is 3.07. The third-order valence-electron chi connectivity index (χ3n) is 4.63. The van der Waals surface area contributed by atoms with Gasteiger partial charge in [-0.2, -0.15) is 0 Å². The predicted molar refractivity (Wildman–Crippen MR) is 102 cm³/mol. The number of halogens is 1. The lowest BCUT2D eigenvalue weighted by molar-refractivity contribution is -0.121. The van der Waals surface area contributed by atoms with Gasteiger partial charge in [0.2, 0.25) is 5.91 Å². The molecule has 4 heteroatoms. The Balaban J connectivity index is 1.50. The van der Waals surface area contributed by atoms with Crippen LogP contribution in [0.25, 0.3) is 0 Å². The number of aryl methyl sites for hydroxylation is 1. The quantitative estimate of drug-likeness (QED) is 0.831. The topological polar surface area (TPSA) is 32.3 Å². The Labute approximate surface area is 152 Å². The molecule has 1 aliphatic heterocycles. The molecule has 0 atom stereocenters. The van der Waals surface area contributed by atoms with Crippen LogP contribution in [0.4, 0.5) is 5.69 Å². The predicted octanol–water partition coefficient (Wildman–Crippen LogP) is 4.61. The third kappa shape index (κ3) is 4.46. The molecule has 0 aromatic heterocycles. The maximum Gasteiger partial charge on any atom is 0.227 e. The number of hydrogen-bond donors (Lipinski definition) is 1. The monoisotopic (exact) mass is 386 g/mol. The highest BCUT2D eigenvalue weighted by molar-refractivity contribution is 9.10. The Morgan fingerprint density at radius 3 is 2.54 bits per heavy atom. The van der Waals surface area contributed by atoms with Gasteiger partial charge in [0.1, 0.15) is 0 Å². The van der Waals surface area contributed by atoms with Crippen molar-refractivity contribution >= 4 is 27.5 Å². The lowest BCUT2D eigenvalue weighted by atomic mass is 9.95. The van der Waals surface area contributed by atoms with E-state index in [1.54, 1.807) is 0 Å². The number of hydrogen-bond acceptors (Lipinski definition) is 2. The van der Waals surface area contributed by atoms with Crippen LogP contribution in [-0.2, 0) is 11.3 Å². The number of carbonyl (C=O) groups is 1. The normalized spacial score (nSPS) is 16.1. The lowest BCUT2D eigenvalue weighted by Gasteiger charge is -2.31. The van der Waals surface area contributed by atoms with Crippen molar-refractivity contribution in [3.05, 3.63) is 64.1 Å². The highest BCUT2D eigenvalue weighted by atomic mass is 79.9. The van der Waals surface area contributed by atoms with Crippen molar-refractivity contribution in [1.29, 1.82) is 0 Å². The van der Waals surface area contributed by atoms with Gasteiger partial charge in [-0.3, -0.25) is 9.69 Å². The van der Waals surface area contributed by atoms with Gasteiger partial charge < -0.3 is 5.32 Å². The molecule has 0 aliphatic carbocycles. The zero-order valence-electron chi connectivity index (χ0n) is 14.0. The largest absolute Gasteiger partial charge is 0.326 e. The molecule has 126 valence electrons. The second-order valence-electron chi connectivity index (χ2n) is 6.49. The van der Waals surface area contributed by atoms with Crippen LogP contribution in [0.2, 0.25) is 0 Å². The van der Waals surface area contributed by atoms with E-state index in [1.165, 1.54) is 5.56 Å². The molecule has 0 radical (unpaired) electrons. The SMILES string of the molecule is Cc1cc(NC(=O)C2CCN(Cc3ccccc3)CC2)ccc1Br. The van der Waals surface area contributed by atoms with Crippen molar-refractivity contribution in [3.8, 4) is 0 Å². The van der Waals surface area contributed by atoms with E-state index in [4.69, 9.17) is 0 Å². The smallest absolute Gasteiger partial charge is 0.227 e. The summed E-state index contributed by atoms with van der Waals surface area (Å²) in [6.07, 6.45) is 1.85. The van der Waals surface area contributed by atoms with Crippen molar-refractivity contribution in [2.45, 2.75) is 26.3 Å². The minimum Gasteiger partial charge on any atom is -0.326 e. The summed E-state index contributed by atoms with van der Waals surface area (Å²) in [6.45, 7) is 4.96. The molecule has 2 aromatic carbocycles. The minimum absolute atomic E-state index is 0.112. The molecule has 1 aliphatic rings. The van der Waals surface area contributed by atoms with Crippen LogP contribution in [0.3, 0.4) is 0 Å². The molecule has 3 nitrogen and oxygen atoms in total. The fourth-order valence-corrected chi connectivity index (χ4v) is 3.41. The molecule has 0 unspecified atom stereocenters. The van der Waals surface area contributed by atoms with Crippen LogP contribution < -0.4 is 5.32 Å². The van der Waals surface area contributed by atoms with Crippen LogP contribution in [0.5, 0.6) is 0 Å². The number of rotatable bonds is 4. The number of benzene rings is 2. The van der Waals surface area contributed by atoms with Crippen LogP contribution in [-0.4, -0.2) is 23.9 Å². The second kappa shape index (κ2) is 7.95. The Bertz CT molecular complexity index is 694. The molecule has 2 aromatic rings. The summed E-state index contributed by atoms with van der Waals surface area (Å²) >= 11 is 3.49. The molecule has 1 heterocycles. The number of likely N-dealkylation sites (tertiary alicyclic amines) is 1. The van der Waals surface area contributed by atoms with Gasteiger partial charge in [-0.05, 0) is 62.2 Å². The van der Waals surface area contributed by atoms with Crippen LogP contribution in [0, 0.1) is 12.8 Å². The average molecular weight is 387 g/mol. The third-order valence-corrected chi connectivity index (χ3v) is 5.52. The summed E-state index contributed by atoms with van der Waals surface area (Å²) in [6, 6.07) is 16.5. The molecule has 0 bridgehead atoms. The van der Waals surface area contributed by atoms with Gasteiger partial charge in [-0.15, -0.1) is 0 Å². The zero-order valence-corrected chi connectivity index (χ0v) is 15.6.